The highest BCUT2D eigenvalue weighted by atomic mass is 16.5. The Morgan fingerprint density at radius 1 is 1.10 bits per heavy atom. The summed E-state index contributed by atoms with van der Waals surface area (Å²) in [4.78, 5) is 33.1. The lowest BCUT2D eigenvalue weighted by atomic mass is 10.1. The van der Waals surface area contributed by atoms with Crippen LogP contribution in [-0.4, -0.2) is 85.1 Å². The van der Waals surface area contributed by atoms with Gasteiger partial charge < -0.3 is 14.5 Å². The van der Waals surface area contributed by atoms with E-state index >= 15 is 0 Å². The molecule has 4 rings (SSSR count). The van der Waals surface area contributed by atoms with Crippen molar-refractivity contribution in [3.63, 3.8) is 0 Å². The Morgan fingerprint density at radius 3 is 2.70 bits per heavy atom. The molecule has 1 aromatic carbocycles. The minimum Gasteiger partial charge on any atom is -0.497 e. The smallest absolute Gasteiger partial charge is 0.327 e. The standard InChI is InChI=1S/C23H34N4O3/c1-3-18-17-25(19-8-6-9-20(16-19)30-2)15-14-24(18)11-4-5-12-27-22(28)21-10-7-13-26(21)23(27)29/h6,8-9,16,18,21H,3-5,7,10-15,17H2,1-2H3/t18-,21?/m1/s1. The first-order chi connectivity index (χ1) is 14.6. The second-order valence-electron chi connectivity index (χ2n) is 8.58. The fourth-order valence-corrected chi connectivity index (χ4v) is 5.09. The van der Waals surface area contributed by atoms with Crippen molar-refractivity contribution in [1.82, 2.24) is 14.7 Å². The molecule has 0 saturated carbocycles. The van der Waals surface area contributed by atoms with Crippen LogP contribution in [0.15, 0.2) is 24.3 Å². The molecule has 3 aliphatic heterocycles. The Kier molecular flexibility index (Phi) is 6.46. The van der Waals surface area contributed by atoms with Crippen LogP contribution in [0.3, 0.4) is 0 Å². The molecule has 0 radical (unpaired) electrons. The Morgan fingerprint density at radius 2 is 1.93 bits per heavy atom. The van der Waals surface area contributed by atoms with Gasteiger partial charge in [-0.2, -0.15) is 0 Å². The van der Waals surface area contributed by atoms with Crippen molar-refractivity contribution in [2.75, 3.05) is 51.3 Å². The Labute approximate surface area is 179 Å². The summed E-state index contributed by atoms with van der Waals surface area (Å²) in [5.41, 5.74) is 1.22. The summed E-state index contributed by atoms with van der Waals surface area (Å²) in [6.07, 6.45) is 4.79. The molecule has 1 unspecified atom stereocenters. The number of benzene rings is 1. The Balaban J connectivity index is 1.24. The minimum atomic E-state index is -0.174. The van der Waals surface area contributed by atoms with E-state index in [1.165, 1.54) is 10.6 Å². The highest BCUT2D eigenvalue weighted by Crippen LogP contribution is 2.28. The molecule has 164 valence electrons. The molecule has 0 bridgehead atoms. The number of imide groups is 1. The second kappa shape index (κ2) is 9.25. The van der Waals surface area contributed by atoms with Gasteiger partial charge in [-0.3, -0.25) is 14.6 Å². The molecule has 3 amide bonds. The van der Waals surface area contributed by atoms with Gasteiger partial charge in [0.2, 0.25) is 0 Å². The maximum atomic E-state index is 12.4. The summed E-state index contributed by atoms with van der Waals surface area (Å²) < 4.78 is 5.37. The van der Waals surface area contributed by atoms with Crippen molar-refractivity contribution < 1.29 is 14.3 Å². The molecule has 3 fully saturated rings. The average Bonchev–Trinajstić information content (AvgIpc) is 3.35. The van der Waals surface area contributed by atoms with Gasteiger partial charge in [0.05, 0.1) is 7.11 Å². The molecular formula is C23H34N4O3. The van der Waals surface area contributed by atoms with Crippen molar-refractivity contribution >= 4 is 17.6 Å². The SMILES string of the molecule is CC[C@@H]1CN(c2cccc(OC)c2)CCN1CCCCN1C(=O)C2CCCN2C1=O. The van der Waals surface area contributed by atoms with Crippen LogP contribution in [0, 0.1) is 0 Å². The highest BCUT2D eigenvalue weighted by Gasteiger charge is 2.46. The first kappa shape index (κ1) is 21.0. The predicted octanol–water partition coefficient (Wildman–Crippen LogP) is 2.80. The molecule has 3 saturated heterocycles. The minimum absolute atomic E-state index is 0.0239. The average molecular weight is 415 g/mol. The molecule has 0 N–H and O–H groups in total. The highest BCUT2D eigenvalue weighted by molar-refractivity contribution is 6.04. The lowest BCUT2D eigenvalue weighted by molar-refractivity contribution is -0.128. The molecule has 30 heavy (non-hydrogen) atoms. The van der Waals surface area contributed by atoms with Crippen molar-refractivity contribution in [3.8, 4) is 5.75 Å². The molecule has 3 aliphatic rings. The van der Waals surface area contributed by atoms with Gasteiger partial charge in [-0.15, -0.1) is 0 Å². The van der Waals surface area contributed by atoms with Crippen LogP contribution in [0.2, 0.25) is 0 Å². The number of ether oxygens (including phenoxy) is 1. The lowest BCUT2D eigenvalue weighted by Crippen LogP contribution is -2.53. The molecule has 0 aliphatic carbocycles. The van der Waals surface area contributed by atoms with E-state index in [0.717, 1.165) is 70.6 Å². The molecule has 3 heterocycles. The maximum Gasteiger partial charge on any atom is 0.327 e. The Hall–Kier alpha value is -2.28. The number of piperazine rings is 1. The molecule has 0 aromatic heterocycles. The number of carbonyl (C=O) groups excluding carboxylic acids is 2. The summed E-state index contributed by atoms with van der Waals surface area (Å²) in [7, 11) is 1.71. The van der Waals surface area contributed by atoms with E-state index in [4.69, 9.17) is 4.74 Å². The number of methoxy groups -OCH3 is 1. The maximum absolute atomic E-state index is 12.4. The van der Waals surface area contributed by atoms with E-state index in [2.05, 4.69) is 28.9 Å². The van der Waals surface area contributed by atoms with Crippen LogP contribution in [0.1, 0.15) is 39.0 Å². The van der Waals surface area contributed by atoms with Crippen LogP contribution < -0.4 is 9.64 Å². The second-order valence-corrected chi connectivity index (χ2v) is 8.58. The van der Waals surface area contributed by atoms with Gasteiger partial charge in [0, 0.05) is 50.5 Å². The van der Waals surface area contributed by atoms with Crippen molar-refractivity contribution in [2.24, 2.45) is 0 Å². The van der Waals surface area contributed by atoms with Gasteiger partial charge in [0.25, 0.3) is 5.91 Å². The van der Waals surface area contributed by atoms with Crippen molar-refractivity contribution in [2.45, 2.75) is 51.1 Å². The van der Waals surface area contributed by atoms with Gasteiger partial charge >= 0.3 is 6.03 Å². The number of amides is 3. The van der Waals surface area contributed by atoms with E-state index in [-0.39, 0.29) is 18.0 Å². The largest absolute Gasteiger partial charge is 0.497 e. The van der Waals surface area contributed by atoms with E-state index in [1.54, 1.807) is 12.0 Å². The molecule has 1 aromatic rings. The van der Waals surface area contributed by atoms with E-state index in [1.807, 2.05) is 12.1 Å². The predicted molar refractivity (Wildman–Crippen MR) is 117 cm³/mol. The van der Waals surface area contributed by atoms with Gasteiger partial charge in [0.15, 0.2) is 0 Å². The number of urea groups is 1. The zero-order valence-electron chi connectivity index (χ0n) is 18.3. The normalized spacial score (nSPS) is 24.7. The number of hydrogen-bond acceptors (Lipinski definition) is 5. The topological polar surface area (TPSA) is 56.3 Å². The number of unbranched alkanes of at least 4 members (excludes halogenated alkanes) is 1. The monoisotopic (exact) mass is 414 g/mol. The van der Waals surface area contributed by atoms with Crippen LogP contribution in [0.5, 0.6) is 5.75 Å². The quantitative estimate of drug-likeness (QED) is 0.484. The number of rotatable bonds is 8. The van der Waals surface area contributed by atoms with Crippen molar-refractivity contribution in [1.29, 1.82) is 0 Å². The summed E-state index contributed by atoms with van der Waals surface area (Å²) in [5.74, 6) is 0.922. The molecule has 0 spiro atoms. The number of hydrogen-bond donors (Lipinski definition) is 0. The number of nitrogens with zero attached hydrogens (tertiary/aromatic N) is 4. The number of carbonyl (C=O) groups is 2. The van der Waals surface area contributed by atoms with Crippen LogP contribution in [-0.2, 0) is 4.79 Å². The lowest BCUT2D eigenvalue weighted by Gasteiger charge is -2.42. The van der Waals surface area contributed by atoms with Gasteiger partial charge in [-0.25, -0.2) is 4.79 Å². The van der Waals surface area contributed by atoms with Crippen molar-refractivity contribution in [3.05, 3.63) is 24.3 Å². The van der Waals surface area contributed by atoms with Crippen LogP contribution in [0.25, 0.3) is 0 Å². The third kappa shape index (κ3) is 4.13. The summed E-state index contributed by atoms with van der Waals surface area (Å²) in [6, 6.07) is 8.57. The summed E-state index contributed by atoms with van der Waals surface area (Å²) >= 11 is 0. The third-order valence-corrected chi connectivity index (χ3v) is 6.85. The molecule has 7 nitrogen and oxygen atoms in total. The van der Waals surface area contributed by atoms with E-state index in [9.17, 15) is 9.59 Å². The number of anilines is 1. The van der Waals surface area contributed by atoms with Gasteiger partial charge in [0.1, 0.15) is 11.8 Å². The molecule has 2 atom stereocenters. The van der Waals surface area contributed by atoms with E-state index < -0.39 is 0 Å². The fourth-order valence-electron chi connectivity index (χ4n) is 5.09. The third-order valence-electron chi connectivity index (χ3n) is 6.85. The zero-order chi connectivity index (χ0) is 21.1. The molecular weight excluding hydrogens is 380 g/mol. The molecule has 7 heteroatoms. The van der Waals surface area contributed by atoms with Gasteiger partial charge in [-0.1, -0.05) is 13.0 Å². The van der Waals surface area contributed by atoms with Crippen LogP contribution >= 0.6 is 0 Å². The fraction of sp³-hybridized carbons (Fsp3) is 0.652. The zero-order valence-corrected chi connectivity index (χ0v) is 18.3. The number of fused-ring (bicyclic) bond motifs is 1. The first-order valence-electron chi connectivity index (χ1n) is 11.4. The first-order valence-corrected chi connectivity index (χ1v) is 11.4. The summed E-state index contributed by atoms with van der Waals surface area (Å²) in [6.45, 7) is 7.63. The van der Waals surface area contributed by atoms with E-state index in [0.29, 0.717) is 12.6 Å². The Bertz CT molecular complexity index is 749. The summed E-state index contributed by atoms with van der Waals surface area (Å²) in [5, 5.41) is 0. The van der Waals surface area contributed by atoms with Crippen LogP contribution in [0.4, 0.5) is 10.5 Å². The van der Waals surface area contributed by atoms with Gasteiger partial charge in [-0.05, 0) is 50.8 Å².